The van der Waals surface area contributed by atoms with E-state index in [9.17, 15) is 14.7 Å². The predicted molar refractivity (Wildman–Crippen MR) is 101 cm³/mol. The van der Waals surface area contributed by atoms with E-state index in [-0.39, 0.29) is 6.42 Å². The van der Waals surface area contributed by atoms with Gasteiger partial charge in [-0.25, -0.2) is 9.59 Å². The highest BCUT2D eigenvalue weighted by Gasteiger charge is 2.24. The standard InChI is InChI=1S/C20H22ClNO4/c1-20(2,3)26-19(25)22-17(18(23)24)11-13-6-4-7-14(10-13)15-8-5-9-16(21)12-15/h4-10,12,17H,11H2,1-3H3,(H,22,25)(H,23,24). The fraction of sp³-hybridized carbons (Fsp3) is 0.300. The molecule has 2 N–H and O–H groups in total. The first-order valence-corrected chi connectivity index (χ1v) is 8.59. The van der Waals surface area contributed by atoms with Crippen LogP contribution in [0.3, 0.4) is 0 Å². The van der Waals surface area contributed by atoms with Crippen LogP contribution in [0.15, 0.2) is 48.5 Å². The number of hydrogen-bond donors (Lipinski definition) is 2. The molecule has 0 aliphatic heterocycles. The molecular formula is C20H22ClNO4. The highest BCUT2D eigenvalue weighted by atomic mass is 35.5. The highest BCUT2D eigenvalue weighted by Crippen LogP contribution is 2.24. The van der Waals surface area contributed by atoms with Gasteiger partial charge in [-0.1, -0.05) is 48.0 Å². The van der Waals surface area contributed by atoms with Crippen LogP contribution in [0.5, 0.6) is 0 Å². The number of nitrogens with one attached hydrogen (secondary N) is 1. The summed E-state index contributed by atoms with van der Waals surface area (Å²) in [7, 11) is 0. The van der Waals surface area contributed by atoms with Crippen LogP contribution in [-0.4, -0.2) is 28.8 Å². The Morgan fingerprint density at radius 3 is 2.31 bits per heavy atom. The fourth-order valence-electron chi connectivity index (χ4n) is 2.43. The molecule has 0 saturated carbocycles. The largest absolute Gasteiger partial charge is 0.480 e. The fourth-order valence-corrected chi connectivity index (χ4v) is 2.62. The summed E-state index contributed by atoms with van der Waals surface area (Å²) in [5.41, 5.74) is 1.95. The number of aliphatic carboxylic acids is 1. The van der Waals surface area contributed by atoms with Gasteiger partial charge in [0.25, 0.3) is 0 Å². The third-order valence-corrected chi connectivity index (χ3v) is 3.75. The summed E-state index contributed by atoms with van der Waals surface area (Å²) >= 11 is 6.03. The first-order valence-electron chi connectivity index (χ1n) is 8.21. The normalized spacial score (nSPS) is 12.3. The lowest BCUT2D eigenvalue weighted by Crippen LogP contribution is -2.44. The second-order valence-electron chi connectivity index (χ2n) is 6.95. The van der Waals surface area contributed by atoms with Crippen LogP contribution < -0.4 is 5.32 Å². The lowest BCUT2D eigenvalue weighted by Gasteiger charge is -2.22. The SMILES string of the molecule is CC(C)(C)OC(=O)NC(Cc1cccc(-c2cccc(Cl)c2)c1)C(=O)O. The van der Waals surface area contributed by atoms with Gasteiger partial charge in [-0.3, -0.25) is 0 Å². The van der Waals surface area contributed by atoms with Crippen molar-refractivity contribution < 1.29 is 19.4 Å². The minimum Gasteiger partial charge on any atom is -0.480 e. The molecular weight excluding hydrogens is 354 g/mol. The Kier molecular flexibility index (Phi) is 6.27. The Balaban J connectivity index is 2.15. The molecule has 0 aromatic heterocycles. The van der Waals surface area contributed by atoms with Crippen molar-refractivity contribution in [3.8, 4) is 11.1 Å². The number of amides is 1. The number of benzene rings is 2. The topological polar surface area (TPSA) is 75.6 Å². The highest BCUT2D eigenvalue weighted by molar-refractivity contribution is 6.30. The Morgan fingerprint density at radius 2 is 1.73 bits per heavy atom. The van der Waals surface area contributed by atoms with E-state index in [0.717, 1.165) is 16.7 Å². The minimum absolute atomic E-state index is 0.142. The maximum atomic E-state index is 11.9. The van der Waals surface area contributed by atoms with Gasteiger partial charge in [-0.15, -0.1) is 0 Å². The van der Waals surface area contributed by atoms with Crippen LogP contribution in [0.1, 0.15) is 26.3 Å². The molecule has 0 spiro atoms. The number of rotatable bonds is 5. The zero-order valence-electron chi connectivity index (χ0n) is 15.0. The Hall–Kier alpha value is -2.53. The molecule has 2 aromatic carbocycles. The third kappa shape index (κ3) is 6.08. The van der Waals surface area contributed by atoms with Gasteiger partial charge in [0.15, 0.2) is 0 Å². The van der Waals surface area contributed by atoms with Gasteiger partial charge in [-0.2, -0.15) is 0 Å². The molecule has 1 amide bonds. The van der Waals surface area contributed by atoms with E-state index in [1.165, 1.54) is 0 Å². The van der Waals surface area contributed by atoms with Gasteiger partial charge in [0.1, 0.15) is 11.6 Å². The van der Waals surface area contributed by atoms with Crippen LogP contribution in [0.2, 0.25) is 5.02 Å². The van der Waals surface area contributed by atoms with Crippen molar-refractivity contribution >= 4 is 23.7 Å². The van der Waals surface area contributed by atoms with Crippen molar-refractivity contribution in [2.24, 2.45) is 0 Å². The van der Waals surface area contributed by atoms with Gasteiger partial charge in [0.2, 0.25) is 0 Å². The Bertz CT molecular complexity index is 798. The lowest BCUT2D eigenvalue weighted by molar-refractivity contribution is -0.139. The molecule has 5 nitrogen and oxygen atoms in total. The average Bonchev–Trinajstić information content (AvgIpc) is 2.52. The minimum atomic E-state index is -1.12. The molecule has 26 heavy (non-hydrogen) atoms. The van der Waals surface area contributed by atoms with Crippen molar-refractivity contribution in [3.05, 3.63) is 59.1 Å². The van der Waals surface area contributed by atoms with Crippen LogP contribution in [-0.2, 0) is 16.0 Å². The molecule has 0 heterocycles. The summed E-state index contributed by atoms with van der Waals surface area (Å²) in [4.78, 5) is 23.4. The van der Waals surface area contributed by atoms with Crippen LogP contribution in [0.25, 0.3) is 11.1 Å². The van der Waals surface area contributed by atoms with Crippen molar-refractivity contribution in [3.63, 3.8) is 0 Å². The monoisotopic (exact) mass is 375 g/mol. The molecule has 138 valence electrons. The number of hydrogen-bond acceptors (Lipinski definition) is 3. The number of halogens is 1. The number of alkyl carbamates (subject to hydrolysis) is 1. The molecule has 1 unspecified atom stereocenters. The van der Waals surface area contributed by atoms with Crippen molar-refractivity contribution in [2.45, 2.75) is 38.8 Å². The molecule has 0 aliphatic rings. The Morgan fingerprint density at radius 1 is 1.12 bits per heavy atom. The smallest absolute Gasteiger partial charge is 0.408 e. The second kappa shape index (κ2) is 8.23. The number of carbonyl (C=O) groups excluding carboxylic acids is 1. The first kappa shape index (κ1) is 19.8. The van der Waals surface area contributed by atoms with Crippen molar-refractivity contribution in [1.82, 2.24) is 5.32 Å². The van der Waals surface area contributed by atoms with E-state index in [2.05, 4.69) is 5.32 Å². The number of ether oxygens (including phenoxy) is 1. The summed E-state index contributed by atoms with van der Waals surface area (Å²) in [6.07, 6.45) is -0.612. The van der Waals surface area contributed by atoms with E-state index in [4.69, 9.17) is 16.3 Å². The number of carboxylic acids is 1. The summed E-state index contributed by atoms with van der Waals surface area (Å²) in [6, 6.07) is 13.8. The molecule has 0 radical (unpaired) electrons. The molecule has 0 fully saturated rings. The summed E-state index contributed by atoms with van der Waals surface area (Å²) in [5.74, 6) is -1.12. The summed E-state index contributed by atoms with van der Waals surface area (Å²) < 4.78 is 5.13. The van der Waals surface area contributed by atoms with Gasteiger partial charge >= 0.3 is 12.1 Å². The second-order valence-corrected chi connectivity index (χ2v) is 7.39. The molecule has 6 heteroatoms. The van der Waals surface area contributed by atoms with Crippen molar-refractivity contribution in [1.29, 1.82) is 0 Å². The maximum Gasteiger partial charge on any atom is 0.408 e. The summed E-state index contributed by atoms with van der Waals surface area (Å²) in [5, 5.41) is 12.5. The molecule has 2 aromatic rings. The zero-order chi connectivity index (χ0) is 19.3. The molecule has 0 saturated heterocycles. The molecule has 0 aliphatic carbocycles. The molecule has 1 atom stereocenters. The molecule has 2 rings (SSSR count). The van der Waals surface area contributed by atoms with E-state index < -0.39 is 23.7 Å². The summed E-state index contributed by atoms with van der Waals surface area (Å²) in [6.45, 7) is 5.16. The maximum absolute atomic E-state index is 11.9. The van der Waals surface area contributed by atoms with Crippen LogP contribution >= 0.6 is 11.6 Å². The predicted octanol–water partition coefficient (Wildman–Crippen LogP) is 4.53. The lowest BCUT2D eigenvalue weighted by atomic mass is 9.99. The van der Waals surface area contributed by atoms with Gasteiger partial charge in [-0.05, 0) is 49.6 Å². The average molecular weight is 376 g/mol. The van der Waals surface area contributed by atoms with Gasteiger partial charge in [0, 0.05) is 11.4 Å². The quantitative estimate of drug-likeness (QED) is 0.805. The van der Waals surface area contributed by atoms with Crippen LogP contribution in [0.4, 0.5) is 4.79 Å². The van der Waals surface area contributed by atoms with Crippen LogP contribution in [0, 0.1) is 0 Å². The zero-order valence-corrected chi connectivity index (χ0v) is 15.7. The molecule has 0 bridgehead atoms. The number of carboxylic acid groups (broad SMARTS) is 1. The van der Waals surface area contributed by atoms with Crippen molar-refractivity contribution in [2.75, 3.05) is 0 Å². The first-order chi connectivity index (χ1) is 12.1. The Labute approximate surface area is 157 Å². The van der Waals surface area contributed by atoms with Gasteiger partial charge < -0.3 is 15.2 Å². The van der Waals surface area contributed by atoms with Gasteiger partial charge in [0.05, 0.1) is 0 Å². The van der Waals surface area contributed by atoms with E-state index in [1.54, 1.807) is 26.8 Å². The van der Waals surface area contributed by atoms with E-state index in [0.29, 0.717) is 5.02 Å². The number of carbonyl (C=O) groups is 2. The van der Waals surface area contributed by atoms with E-state index in [1.807, 2.05) is 42.5 Å². The van der Waals surface area contributed by atoms with E-state index >= 15 is 0 Å². The third-order valence-electron chi connectivity index (χ3n) is 3.51.